The number of hydrogen-bond donors (Lipinski definition) is 1. The molecule has 1 aliphatic rings. The Morgan fingerprint density at radius 1 is 1.26 bits per heavy atom. The monoisotopic (exact) mass is 431 g/mol. The third-order valence-electron chi connectivity index (χ3n) is 3.94. The lowest BCUT2D eigenvalue weighted by Crippen LogP contribution is -2.37. The SMILES string of the molecule is CN(C)C(=NCc1ccccc1)NCCCC1CCCCO1.I. The van der Waals surface area contributed by atoms with Crippen molar-refractivity contribution in [1.29, 1.82) is 0 Å². The van der Waals surface area contributed by atoms with Gasteiger partial charge in [0.1, 0.15) is 0 Å². The molecule has 23 heavy (non-hydrogen) atoms. The minimum absolute atomic E-state index is 0. The second-order valence-electron chi connectivity index (χ2n) is 6.08. The first kappa shape index (κ1) is 20.2. The first-order valence-corrected chi connectivity index (χ1v) is 8.37. The Balaban J connectivity index is 0.00000264. The second kappa shape index (κ2) is 11.7. The standard InChI is InChI=1S/C18H29N3O.HI/c1-21(2)18(20-15-16-9-4-3-5-10-16)19-13-8-12-17-11-6-7-14-22-17;/h3-5,9-10,17H,6-8,11-15H2,1-2H3,(H,19,20);1H. The number of ether oxygens (including phenoxy) is 1. The van der Waals surface area contributed by atoms with Crippen molar-refractivity contribution >= 4 is 29.9 Å². The Hall–Kier alpha value is -0.820. The number of halogens is 1. The molecular weight excluding hydrogens is 401 g/mol. The van der Waals surface area contributed by atoms with Crippen molar-refractivity contribution in [3.05, 3.63) is 35.9 Å². The van der Waals surface area contributed by atoms with Crippen molar-refractivity contribution < 1.29 is 4.74 Å². The summed E-state index contributed by atoms with van der Waals surface area (Å²) in [6.07, 6.45) is 6.52. The van der Waals surface area contributed by atoms with Gasteiger partial charge in [0, 0.05) is 27.2 Å². The highest BCUT2D eigenvalue weighted by atomic mass is 127. The van der Waals surface area contributed by atoms with E-state index in [9.17, 15) is 0 Å². The van der Waals surface area contributed by atoms with E-state index in [2.05, 4.69) is 34.6 Å². The van der Waals surface area contributed by atoms with Crippen LogP contribution in [0, 0.1) is 0 Å². The lowest BCUT2D eigenvalue weighted by Gasteiger charge is -2.23. The zero-order chi connectivity index (χ0) is 15.6. The second-order valence-corrected chi connectivity index (χ2v) is 6.08. The highest BCUT2D eigenvalue weighted by Crippen LogP contribution is 2.16. The Morgan fingerprint density at radius 2 is 2.04 bits per heavy atom. The van der Waals surface area contributed by atoms with E-state index >= 15 is 0 Å². The van der Waals surface area contributed by atoms with Gasteiger partial charge in [0.2, 0.25) is 0 Å². The van der Waals surface area contributed by atoms with Gasteiger partial charge < -0.3 is 15.0 Å². The Morgan fingerprint density at radius 3 is 2.70 bits per heavy atom. The highest BCUT2D eigenvalue weighted by molar-refractivity contribution is 14.0. The fraction of sp³-hybridized carbons (Fsp3) is 0.611. The van der Waals surface area contributed by atoms with Crippen molar-refractivity contribution in [3.63, 3.8) is 0 Å². The number of aliphatic imine (C=N–C) groups is 1. The first-order chi connectivity index (χ1) is 10.8. The van der Waals surface area contributed by atoms with E-state index in [1.165, 1.54) is 24.8 Å². The van der Waals surface area contributed by atoms with Gasteiger partial charge in [-0.15, -0.1) is 24.0 Å². The van der Waals surface area contributed by atoms with Gasteiger partial charge >= 0.3 is 0 Å². The summed E-state index contributed by atoms with van der Waals surface area (Å²) in [5, 5.41) is 3.45. The number of benzene rings is 1. The van der Waals surface area contributed by atoms with Crippen molar-refractivity contribution in [2.24, 2.45) is 4.99 Å². The van der Waals surface area contributed by atoms with Crippen molar-refractivity contribution in [3.8, 4) is 0 Å². The van der Waals surface area contributed by atoms with Gasteiger partial charge in [-0.25, -0.2) is 4.99 Å². The quantitative estimate of drug-likeness (QED) is 0.323. The largest absolute Gasteiger partial charge is 0.378 e. The fourth-order valence-electron chi connectivity index (χ4n) is 2.67. The number of nitrogens with one attached hydrogen (secondary N) is 1. The molecule has 0 spiro atoms. The molecule has 2 rings (SSSR count). The summed E-state index contributed by atoms with van der Waals surface area (Å²) in [7, 11) is 4.06. The van der Waals surface area contributed by atoms with E-state index in [0.29, 0.717) is 12.6 Å². The number of nitrogens with zero attached hydrogens (tertiary/aromatic N) is 2. The fourth-order valence-corrected chi connectivity index (χ4v) is 2.67. The van der Waals surface area contributed by atoms with Crippen molar-refractivity contribution in [2.75, 3.05) is 27.2 Å². The van der Waals surface area contributed by atoms with Crippen LogP contribution in [0.1, 0.15) is 37.7 Å². The van der Waals surface area contributed by atoms with Gasteiger partial charge in [-0.3, -0.25) is 0 Å². The lowest BCUT2D eigenvalue weighted by atomic mass is 10.0. The van der Waals surface area contributed by atoms with Crippen LogP contribution >= 0.6 is 24.0 Å². The summed E-state index contributed by atoms with van der Waals surface area (Å²) in [5.41, 5.74) is 1.24. The minimum Gasteiger partial charge on any atom is -0.378 e. The summed E-state index contributed by atoms with van der Waals surface area (Å²) in [6, 6.07) is 10.4. The van der Waals surface area contributed by atoms with E-state index in [-0.39, 0.29) is 24.0 Å². The molecule has 0 radical (unpaired) electrons. The Bertz CT molecular complexity index is 445. The molecule has 1 N–H and O–H groups in total. The van der Waals surface area contributed by atoms with Gasteiger partial charge in [-0.2, -0.15) is 0 Å². The van der Waals surface area contributed by atoms with Crippen LogP contribution < -0.4 is 5.32 Å². The molecule has 0 bridgehead atoms. The summed E-state index contributed by atoms with van der Waals surface area (Å²) in [5.74, 6) is 0.952. The average molecular weight is 431 g/mol. The first-order valence-electron chi connectivity index (χ1n) is 8.37. The van der Waals surface area contributed by atoms with Crippen LogP contribution in [0.3, 0.4) is 0 Å². The number of rotatable bonds is 6. The van der Waals surface area contributed by atoms with Crippen LogP contribution in [0.25, 0.3) is 0 Å². The molecule has 1 saturated heterocycles. The third kappa shape index (κ3) is 8.01. The summed E-state index contributed by atoms with van der Waals surface area (Å²) in [6.45, 7) is 2.61. The molecule has 1 aliphatic heterocycles. The highest BCUT2D eigenvalue weighted by Gasteiger charge is 2.13. The molecule has 0 saturated carbocycles. The molecule has 4 nitrogen and oxygen atoms in total. The normalized spacial score (nSPS) is 18.2. The predicted octanol–water partition coefficient (Wildman–Crippen LogP) is 3.66. The van der Waals surface area contributed by atoms with E-state index in [1.54, 1.807) is 0 Å². The smallest absolute Gasteiger partial charge is 0.193 e. The van der Waals surface area contributed by atoms with Crippen molar-refractivity contribution in [1.82, 2.24) is 10.2 Å². The Kier molecular flexibility index (Phi) is 10.3. The predicted molar refractivity (Wildman–Crippen MR) is 108 cm³/mol. The average Bonchev–Trinajstić information content (AvgIpc) is 2.55. The topological polar surface area (TPSA) is 36.9 Å². The van der Waals surface area contributed by atoms with Crippen LogP contribution in [0.5, 0.6) is 0 Å². The maximum absolute atomic E-state index is 5.77. The molecule has 0 aliphatic carbocycles. The van der Waals surface area contributed by atoms with Crippen LogP contribution in [0.4, 0.5) is 0 Å². The summed E-state index contributed by atoms with van der Waals surface area (Å²) >= 11 is 0. The van der Waals surface area contributed by atoms with Crippen LogP contribution in [0.2, 0.25) is 0 Å². The third-order valence-corrected chi connectivity index (χ3v) is 3.94. The van der Waals surface area contributed by atoms with Gasteiger partial charge in [0.05, 0.1) is 12.6 Å². The molecule has 1 heterocycles. The molecular formula is C18H30IN3O. The summed E-state index contributed by atoms with van der Waals surface area (Å²) in [4.78, 5) is 6.72. The van der Waals surface area contributed by atoms with E-state index in [0.717, 1.165) is 32.0 Å². The molecule has 0 aromatic heterocycles. The minimum atomic E-state index is 0. The molecule has 0 amide bonds. The van der Waals surface area contributed by atoms with Gasteiger partial charge in [-0.1, -0.05) is 30.3 Å². The Labute approximate surface area is 157 Å². The van der Waals surface area contributed by atoms with E-state index in [4.69, 9.17) is 4.74 Å². The molecule has 1 aromatic rings. The van der Waals surface area contributed by atoms with Crippen molar-refractivity contribution in [2.45, 2.75) is 44.8 Å². The molecule has 1 unspecified atom stereocenters. The summed E-state index contributed by atoms with van der Waals surface area (Å²) < 4.78 is 5.77. The molecule has 130 valence electrons. The zero-order valence-corrected chi connectivity index (χ0v) is 16.7. The van der Waals surface area contributed by atoms with Gasteiger partial charge in [0.15, 0.2) is 5.96 Å². The molecule has 5 heteroatoms. The number of hydrogen-bond acceptors (Lipinski definition) is 2. The molecule has 1 aromatic carbocycles. The van der Waals surface area contributed by atoms with Crippen LogP contribution in [-0.2, 0) is 11.3 Å². The maximum Gasteiger partial charge on any atom is 0.193 e. The van der Waals surface area contributed by atoms with E-state index in [1.807, 2.05) is 25.1 Å². The van der Waals surface area contributed by atoms with Crippen LogP contribution in [-0.4, -0.2) is 44.2 Å². The van der Waals surface area contributed by atoms with Crippen LogP contribution in [0.15, 0.2) is 35.3 Å². The molecule has 1 atom stereocenters. The maximum atomic E-state index is 5.77. The number of guanidine groups is 1. The van der Waals surface area contributed by atoms with Gasteiger partial charge in [-0.05, 0) is 37.7 Å². The zero-order valence-electron chi connectivity index (χ0n) is 14.3. The molecule has 1 fully saturated rings. The van der Waals surface area contributed by atoms with E-state index < -0.39 is 0 Å². The van der Waals surface area contributed by atoms with Gasteiger partial charge in [0.25, 0.3) is 0 Å². The lowest BCUT2D eigenvalue weighted by molar-refractivity contribution is 0.0103.